The third kappa shape index (κ3) is 5.59. The first-order valence-electron chi connectivity index (χ1n) is 7.13. The Morgan fingerprint density at radius 1 is 1.24 bits per heavy atom. The van der Waals surface area contributed by atoms with Crippen LogP contribution in [0.2, 0.25) is 0 Å². The van der Waals surface area contributed by atoms with E-state index in [9.17, 15) is 0 Å². The first kappa shape index (κ1) is 16.2. The topological polar surface area (TPSA) is 31.4 Å². The van der Waals surface area contributed by atoms with Gasteiger partial charge in [-0.3, -0.25) is 0 Å². The minimum Gasteiger partial charge on any atom is -0.490 e. The van der Waals surface area contributed by atoms with E-state index in [1.165, 1.54) is 22.7 Å². The Labute approximate surface area is 134 Å². The summed E-state index contributed by atoms with van der Waals surface area (Å²) < 4.78 is 11.4. The van der Waals surface area contributed by atoms with Gasteiger partial charge < -0.3 is 9.47 Å². The van der Waals surface area contributed by atoms with Crippen molar-refractivity contribution in [2.24, 2.45) is 0 Å². The number of rotatable bonds is 8. The van der Waals surface area contributed by atoms with Gasteiger partial charge >= 0.3 is 0 Å². The van der Waals surface area contributed by atoms with Crippen LogP contribution in [0, 0.1) is 0 Å². The molecule has 0 aliphatic carbocycles. The quantitative estimate of drug-likeness (QED) is 0.648. The molecule has 1 aromatic carbocycles. The molecule has 0 amide bonds. The van der Waals surface area contributed by atoms with Crippen LogP contribution in [0.3, 0.4) is 0 Å². The Morgan fingerprint density at radius 3 is 2.62 bits per heavy atom. The smallest absolute Gasteiger partial charge is 0.273 e. The van der Waals surface area contributed by atoms with Crippen molar-refractivity contribution in [3.05, 3.63) is 35.8 Å². The lowest BCUT2D eigenvalue weighted by Crippen LogP contribution is -2.20. The molecule has 0 N–H and O–H groups in total. The summed E-state index contributed by atoms with van der Waals surface area (Å²) in [7, 11) is 0. The van der Waals surface area contributed by atoms with Crippen molar-refractivity contribution in [2.45, 2.75) is 43.4 Å². The average Bonchev–Trinajstić information content (AvgIpc) is 2.99. The second kappa shape index (κ2) is 8.29. The fourth-order valence-corrected chi connectivity index (χ4v) is 3.12. The van der Waals surface area contributed by atoms with Crippen LogP contribution in [0.15, 0.2) is 40.7 Å². The number of thioether (sulfide) groups is 1. The van der Waals surface area contributed by atoms with Gasteiger partial charge in [-0.15, -0.1) is 11.8 Å². The number of hydrogen-bond acceptors (Lipinski definition) is 5. The number of benzene rings is 1. The average molecular weight is 323 g/mol. The number of hydrogen-bond donors (Lipinski definition) is 0. The molecule has 1 aromatic heterocycles. The van der Waals surface area contributed by atoms with E-state index in [4.69, 9.17) is 9.47 Å². The van der Waals surface area contributed by atoms with Crippen molar-refractivity contribution in [3.63, 3.8) is 0 Å². The van der Waals surface area contributed by atoms with Crippen molar-refractivity contribution >= 4 is 23.1 Å². The SMILES string of the molecule is CCC(C)Sc1ccc(OCC(C)Oc2nccs2)cc1. The van der Waals surface area contributed by atoms with Crippen LogP contribution in [-0.2, 0) is 0 Å². The van der Waals surface area contributed by atoms with Gasteiger partial charge in [0.05, 0.1) is 0 Å². The Morgan fingerprint density at radius 2 is 2.00 bits per heavy atom. The van der Waals surface area contributed by atoms with Crippen molar-refractivity contribution in [2.75, 3.05) is 6.61 Å². The molecule has 0 spiro atoms. The molecule has 3 nitrogen and oxygen atoms in total. The van der Waals surface area contributed by atoms with Crippen LogP contribution in [-0.4, -0.2) is 22.9 Å². The molecule has 1 heterocycles. The molecular weight excluding hydrogens is 302 g/mol. The van der Waals surface area contributed by atoms with Crippen LogP contribution in [0.5, 0.6) is 10.9 Å². The summed E-state index contributed by atoms with van der Waals surface area (Å²) in [4.78, 5) is 5.38. The van der Waals surface area contributed by atoms with Gasteiger partial charge in [-0.1, -0.05) is 25.2 Å². The fourth-order valence-electron chi connectivity index (χ4n) is 1.62. The first-order valence-corrected chi connectivity index (χ1v) is 8.89. The molecule has 0 saturated carbocycles. The van der Waals surface area contributed by atoms with Crippen LogP contribution in [0.1, 0.15) is 27.2 Å². The maximum atomic E-state index is 5.75. The Balaban J connectivity index is 1.77. The summed E-state index contributed by atoms with van der Waals surface area (Å²) in [6.07, 6.45) is 2.89. The number of ether oxygens (including phenoxy) is 2. The highest BCUT2D eigenvalue weighted by atomic mass is 32.2. The summed E-state index contributed by atoms with van der Waals surface area (Å²) in [5.74, 6) is 0.873. The summed E-state index contributed by atoms with van der Waals surface area (Å²) in [5, 5.41) is 3.23. The third-order valence-corrected chi connectivity index (χ3v) is 4.87. The minimum atomic E-state index is -0.0229. The van der Waals surface area contributed by atoms with Crippen LogP contribution >= 0.6 is 23.1 Å². The molecule has 0 aliphatic rings. The van der Waals surface area contributed by atoms with Gasteiger partial charge in [0, 0.05) is 21.7 Å². The zero-order valence-electron chi connectivity index (χ0n) is 12.6. The van der Waals surface area contributed by atoms with E-state index in [1.54, 1.807) is 6.20 Å². The molecule has 21 heavy (non-hydrogen) atoms. The maximum absolute atomic E-state index is 5.75. The summed E-state index contributed by atoms with van der Waals surface area (Å²) >= 11 is 3.38. The van der Waals surface area contributed by atoms with Crippen LogP contribution in [0.25, 0.3) is 0 Å². The van der Waals surface area contributed by atoms with E-state index in [-0.39, 0.29) is 6.10 Å². The molecule has 0 saturated heterocycles. The molecule has 0 fully saturated rings. The summed E-state index contributed by atoms with van der Waals surface area (Å²) in [6.45, 7) is 6.94. The van der Waals surface area contributed by atoms with Gasteiger partial charge in [0.25, 0.3) is 5.19 Å². The van der Waals surface area contributed by atoms with Crippen molar-refractivity contribution < 1.29 is 9.47 Å². The monoisotopic (exact) mass is 323 g/mol. The fraction of sp³-hybridized carbons (Fsp3) is 0.438. The number of aromatic nitrogens is 1. The van der Waals surface area contributed by atoms with Gasteiger partial charge in [-0.05, 0) is 37.6 Å². The maximum Gasteiger partial charge on any atom is 0.273 e. The van der Waals surface area contributed by atoms with Gasteiger partial charge in [0.15, 0.2) is 0 Å². The molecule has 2 unspecified atom stereocenters. The molecule has 114 valence electrons. The summed E-state index contributed by atoms with van der Waals surface area (Å²) in [6, 6.07) is 8.25. The zero-order chi connectivity index (χ0) is 15.1. The predicted molar refractivity (Wildman–Crippen MR) is 89.8 cm³/mol. The Bertz CT molecular complexity index is 514. The molecule has 0 radical (unpaired) electrons. The number of thiazole rings is 1. The highest BCUT2D eigenvalue weighted by Gasteiger charge is 2.07. The lowest BCUT2D eigenvalue weighted by molar-refractivity contribution is 0.142. The van der Waals surface area contributed by atoms with E-state index in [1.807, 2.05) is 36.2 Å². The van der Waals surface area contributed by atoms with Crippen molar-refractivity contribution in [3.8, 4) is 10.9 Å². The van der Waals surface area contributed by atoms with E-state index in [2.05, 4.69) is 31.0 Å². The molecule has 2 rings (SSSR count). The molecule has 0 bridgehead atoms. The van der Waals surface area contributed by atoms with E-state index in [0.717, 1.165) is 5.75 Å². The standard InChI is InChI=1S/C16H21NO2S2/c1-4-13(3)21-15-7-5-14(6-8-15)18-11-12(2)19-16-17-9-10-20-16/h5-10,12-13H,4,11H2,1-3H3. The molecule has 0 aliphatic heterocycles. The second-order valence-corrected chi connectivity index (χ2v) is 7.21. The Hall–Kier alpha value is -1.20. The highest BCUT2D eigenvalue weighted by Crippen LogP contribution is 2.26. The Kier molecular flexibility index (Phi) is 6.39. The van der Waals surface area contributed by atoms with Crippen LogP contribution in [0.4, 0.5) is 0 Å². The van der Waals surface area contributed by atoms with Gasteiger partial charge in [0.1, 0.15) is 18.5 Å². The predicted octanol–water partition coefficient (Wildman–Crippen LogP) is 4.88. The highest BCUT2D eigenvalue weighted by molar-refractivity contribution is 7.99. The molecule has 5 heteroatoms. The van der Waals surface area contributed by atoms with Crippen molar-refractivity contribution in [1.29, 1.82) is 0 Å². The lowest BCUT2D eigenvalue weighted by Gasteiger charge is -2.14. The molecular formula is C16H21NO2S2. The van der Waals surface area contributed by atoms with E-state index < -0.39 is 0 Å². The van der Waals surface area contributed by atoms with Gasteiger partial charge in [0.2, 0.25) is 0 Å². The van der Waals surface area contributed by atoms with E-state index in [0.29, 0.717) is 17.1 Å². The summed E-state index contributed by atoms with van der Waals surface area (Å²) in [5.41, 5.74) is 0. The second-order valence-electron chi connectivity index (χ2n) is 4.85. The van der Waals surface area contributed by atoms with Crippen molar-refractivity contribution in [1.82, 2.24) is 4.98 Å². The zero-order valence-corrected chi connectivity index (χ0v) is 14.2. The minimum absolute atomic E-state index is 0.0229. The number of nitrogens with zero attached hydrogens (tertiary/aromatic N) is 1. The molecule has 2 atom stereocenters. The molecule has 2 aromatic rings. The lowest BCUT2D eigenvalue weighted by atomic mass is 10.3. The van der Waals surface area contributed by atoms with Gasteiger partial charge in [-0.2, -0.15) is 0 Å². The third-order valence-electron chi connectivity index (χ3n) is 2.93. The first-order chi connectivity index (χ1) is 10.2. The van der Waals surface area contributed by atoms with Crippen LogP contribution < -0.4 is 9.47 Å². The normalized spacial score (nSPS) is 13.7. The van der Waals surface area contributed by atoms with Gasteiger partial charge in [-0.25, -0.2) is 4.98 Å². The van der Waals surface area contributed by atoms with E-state index >= 15 is 0 Å². The largest absolute Gasteiger partial charge is 0.490 e.